The van der Waals surface area contributed by atoms with Crippen LogP contribution in [-0.2, 0) is 6.42 Å². The first kappa shape index (κ1) is 18.4. The van der Waals surface area contributed by atoms with E-state index in [4.69, 9.17) is 4.42 Å². The van der Waals surface area contributed by atoms with Crippen LogP contribution in [-0.4, -0.2) is 21.7 Å². The van der Waals surface area contributed by atoms with Crippen LogP contribution in [0.4, 0.5) is 0 Å². The summed E-state index contributed by atoms with van der Waals surface area (Å²) < 4.78 is 5.67. The Balaban J connectivity index is 1.68. The van der Waals surface area contributed by atoms with Gasteiger partial charge in [0.15, 0.2) is 5.78 Å². The zero-order valence-corrected chi connectivity index (χ0v) is 16.3. The Morgan fingerprint density at radius 3 is 2.31 bits per heavy atom. The number of hydrogen-bond donors (Lipinski definition) is 0. The lowest BCUT2D eigenvalue weighted by Gasteiger charge is -2.13. The number of Topliss-reactive ketones (excluding diaryl/α,β-unsaturated/α-hetero) is 1. The van der Waals surface area contributed by atoms with Crippen molar-refractivity contribution >= 4 is 17.5 Å². The maximum Gasteiger partial charge on any atom is 0.277 e. The van der Waals surface area contributed by atoms with Gasteiger partial charge in [0.2, 0.25) is 5.89 Å². The Bertz CT molecular complexity index is 906. The smallest absolute Gasteiger partial charge is 0.277 e. The summed E-state index contributed by atoms with van der Waals surface area (Å²) >= 11 is 1.29. The van der Waals surface area contributed by atoms with Crippen LogP contribution in [0.3, 0.4) is 0 Å². The number of carbonyl (C=O) groups excluding carboxylic acids is 1. The maximum atomic E-state index is 12.8. The summed E-state index contributed by atoms with van der Waals surface area (Å²) in [5, 5.41) is 8.56. The number of benzene rings is 2. The molecule has 3 aromatic rings. The van der Waals surface area contributed by atoms with Gasteiger partial charge < -0.3 is 4.42 Å². The number of rotatable bonds is 6. The van der Waals surface area contributed by atoms with E-state index in [9.17, 15) is 4.79 Å². The second kappa shape index (κ2) is 7.87. The van der Waals surface area contributed by atoms with Crippen molar-refractivity contribution in [1.82, 2.24) is 10.2 Å². The summed E-state index contributed by atoms with van der Waals surface area (Å²) in [4.78, 5) is 12.8. The summed E-state index contributed by atoms with van der Waals surface area (Å²) in [7, 11) is 0. The largest absolute Gasteiger partial charge is 0.416 e. The first-order valence-corrected chi connectivity index (χ1v) is 9.54. The van der Waals surface area contributed by atoms with E-state index in [0.29, 0.717) is 17.5 Å². The van der Waals surface area contributed by atoms with E-state index in [1.165, 1.54) is 11.8 Å². The molecule has 134 valence electrons. The minimum atomic E-state index is 0.0969. The standard InChI is InChI=1S/C21H22N2O2S/c1-13-10-14(2)16(4)20(15(13)3)18(24)12-26-21-23-22-19(25-21)11-17-8-6-5-7-9-17/h5-10H,11-12H2,1-4H3. The molecule has 0 unspecified atom stereocenters. The molecular weight excluding hydrogens is 344 g/mol. The second-order valence-electron chi connectivity index (χ2n) is 6.47. The Hall–Kier alpha value is -2.40. The predicted molar refractivity (Wildman–Crippen MR) is 104 cm³/mol. The Kier molecular flexibility index (Phi) is 5.57. The molecule has 0 fully saturated rings. The third-order valence-electron chi connectivity index (χ3n) is 4.62. The van der Waals surface area contributed by atoms with Crippen LogP contribution in [0.5, 0.6) is 0 Å². The number of ketones is 1. The molecule has 0 aliphatic heterocycles. The van der Waals surface area contributed by atoms with E-state index >= 15 is 0 Å². The van der Waals surface area contributed by atoms with Crippen LogP contribution in [0, 0.1) is 27.7 Å². The molecule has 3 rings (SSSR count). The molecule has 0 amide bonds. The fourth-order valence-corrected chi connectivity index (χ4v) is 3.63. The maximum absolute atomic E-state index is 12.8. The SMILES string of the molecule is Cc1cc(C)c(C)c(C(=O)CSc2nnc(Cc3ccccc3)o2)c1C. The van der Waals surface area contributed by atoms with Crippen LogP contribution in [0.15, 0.2) is 46.0 Å². The zero-order valence-electron chi connectivity index (χ0n) is 15.5. The fraction of sp³-hybridized carbons (Fsp3) is 0.286. The van der Waals surface area contributed by atoms with E-state index in [0.717, 1.165) is 33.4 Å². The van der Waals surface area contributed by atoms with E-state index in [2.05, 4.69) is 16.3 Å². The lowest BCUT2D eigenvalue weighted by molar-refractivity contribution is 0.102. The summed E-state index contributed by atoms with van der Waals surface area (Å²) in [5.74, 6) is 0.946. The minimum absolute atomic E-state index is 0.0969. The van der Waals surface area contributed by atoms with Crippen molar-refractivity contribution in [2.24, 2.45) is 0 Å². The summed E-state index contributed by atoms with van der Waals surface area (Å²) in [6.07, 6.45) is 0.595. The molecule has 0 aliphatic rings. The zero-order chi connectivity index (χ0) is 18.7. The molecule has 0 atom stereocenters. The van der Waals surface area contributed by atoms with Crippen LogP contribution >= 0.6 is 11.8 Å². The summed E-state index contributed by atoms with van der Waals surface area (Å²) in [5.41, 5.74) is 6.32. The highest BCUT2D eigenvalue weighted by atomic mass is 32.2. The van der Waals surface area contributed by atoms with E-state index in [1.807, 2.05) is 58.0 Å². The molecule has 1 aromatic heterocycles. The molecule has 4 nitrogen and oxygen atoms in total. The molecule has 0 saturated carbocycles. The number of hydrogen-bond acceptors (Lipinski definition) is 5. The van der Waals surface area contributed by atoms with E-state index in [1.54, 1.807) is 0 Å². The first-order chi connectivity index (χ1) is 12.5. The van der Waals surface area contributed by atoms with Gasteiger partial charge in [0.05, 0.1) is 12.2 Å². The average molecular weight is 366 g/mol. The summed E-state index contributed by atoms with van der Waals surface area (Å²) in [6.45, 7) is 8.09. The monoisotopic (exact) mass is 366 g/mol. The van der Waals surface area contributed by atoms with Gasteiger partial charge in [-0.3, -0.25) is 4.79 Å². The molecule has 0 N–H and O–H groups in total. The van der Waals surface area contributed by atoms with Gasteiger partial charge in [-0.1, -0.05) is 48.2 Å². The van der Waals surface area contributed by atoms with Crippen molar-refractivity contribution in [3.63, 3.8) is 0 Å². The average Bonchev–Trinajstić information content (AvgIpc) is 3.07. The number of nitrogens with zero attached hydrogens (tertiary/aromatic N) is 2. The molecule has 26 heavy (non-hydrogen) atoms. The Morgan fingerprint density at radius 1 is 1.00 bits per heavy atom. The number of thioether (sulfide) groups is 1. The van der Waals surface area contributed by atoms with Crippen LogP contribution in [0.2, 0.25) is 0 Å². The lowest BCUT2D eigenvalue weighted by atomic mass is 9.92. The van der Waals surface area contributed by atoms with Gasteiger partial charge in [-0.05, 0) is 55.5 Å². The number of aromatic nitrogens is 2. The normalized spacial score (nSPS) is 10.9. The van der Waals surface area contributed by atoms with Gasteiger partial charge in [-0.2, -0.15) is 0 Å². The van der Waals surface area contributed by atoms with Gasteiger partial charge >= 0.3 is 0 Å². The molecule has 5 heteroatoms. The van der Waals surface area contributed by atoms with Crippen LogP contribution in [0.25, 0.3) is 0 Å². The third kappa shape index (κ3) is 4.05. The van der Waals surface area contributed by atoms with Crippen LogP contribution < -0.4 is 0 Å². The summed E-state index contributed by atoms with van der Waals surface area (Å²) in [6, 6.07) is 12.1. The predicted octanol–water partition coefficient (Wildman–Crippen LogP) is 4.87. The number of aryl methyl sites for hydroxylation is 2. The molecule has 0 radical (unpaired) electrons. The van der Waals surface area contributed by atoms with Gasteiger partial charge in [-0.15, -0.1) is 10.2 Å². The molecular formula is C21H22N2O2S. The van der Waals surface area contributed by atoms with Crippen molar-refractivity contribution in [3.05, 3.63) is 75.7 Å². The molecule has 0 bridgehead atoms. The minimum Gasteiger partial charge on any atom is -0.416 e. The van der Waals surface area contributed by atoms with Gasteiger partial charge in [0.25, 0.3) is 5.22 Å². The quantitative estimate of drug-likeness (QED) is 0.460. The fourth-order valence-electron chi connectivity index (χ4n) is 2.97. The van der Waals surface area contributed by atoms with Gasteiger partial charge in [0, 0.05) is 5.56 Å². The lowest BCUT2D eigenvalue weighted by Crippen LogP contribution is -2.10. The molecule has 0 saturated heterocycles. The van der Waals surface area contributed by atoms with Crippen molar-refractivity contribution in [1.29, 1.82) is 0 Å². The van der Waals surface area contributed by atoms with Crippen molar-refractivity contribution in [2.75, 3.05) is 5.75 Å². The highest BCUT2D eigenvalue weighted by Gasteiger charge is 2.17. The molecule has 2 aromatic carbocycles. The molecule has 0 spiro atoms. The van der Waals surface area contributed by atoms with Crippen molar-refractivity contribution in [2.45, 2.75) is 39.3 Å². The second-order valence-corrected chi connectivity index (χ2v) is 7.40. The molecule has 1 heterocycles. The van der Waals surface area contributed by atoms with E-state index < -0.39 is 0 Å². The van der Waals surface area contributed by atoms with Crippen molar-refractivity contribution in [3.8, 4) is 0 Å². The van der Waals surface area contributed by atoms with Gasteiger partial charge in [-0.25, -0.2) is 0 Å². The highest BCUT2D eigenvalue weighted by molar-refractivity contribution is 7.99. The first-order valence-electron chi connectivity index (χ1n) is 8.55. The Morgan fingerprint density at radius 2 is 1.65 bits per heavy atom. The third-order valence-corrected chi connectivity index (χ3v) is 5.44. The van der Waals surface area contributed by atoms with Gasteiger partial charge in [0.1, 0.15) is 0 Å². The number of carbonyl (C=O) groups is 1. The van der Waals surface area contributed by atoms with Crippen molar-refractivity contribution < 1.29 is 9.21 Å². The molecule has 0 aliphatic carbocycles. The topological polar surface area (TPSA) is 56.0 Å². The Labute approximate surface area is 158 Å². The van der Waals surface area contributed by atoms with Crippen LogP contribution in [0.1, 0.15) is 44.1 Å². The van der Waals surface area contributed by atoms with E-state index in [-0.39, 0.29) is 11.5 Å². The highest BCUT2D eigenvalue weighted by Crippen LogP contribution is 2.25.